The third kappa shape index (κ3) is 4.72. The van der Waals surface area contributed by atoms with Crippen LogP contribution in [0.15, 0.2) is 29.2 Å². The number of fused-ring (bicyclic) bond motifs is 1. The fraction of sp³-hybridized carbons (Fsp3) is 0.526. The van der Waals surface area contributed by atoms with E-state index in [0.29, 0.717) is 26.1 Å². The minimum Gasteiger partial charge on any atom is -0.376 e. The van der Waals surface area contributed by atoms with E-state index in [1.54, 1.807) is 13.0 Å². The molecule has 1 aliphatic carbocycles. The number of carbonyl (C=O) groups excluding carboxylic acids is 1. The molecule has 2 aliphatic rings. The van der Waals surface area contributed by atoms with Gasteiger partial charge in [-0.2, -0.15) is 0 Å². The first kappa shape index (κ1) is 19.1. The van der Waals surface area contributed by atoms with E-state index < -0.39 is 22.0 Å². The SMILES string of the molecule is C[C@H](OC[C@H]1CCCCO1)C(=O)NS(=O)(=O)C1=Cc2ccccc2CC1. The lowest BCUT2D eigenvalue weighted by molar-refractivity contribution is -0.133. The van der Waals surface area contributed by atoms with Crippen LogP contribution in [-0.4, -0.2) is 39.7 Å². The summed E-state index contributed by atoms with van der Waals surface area (Å²) >= 11 is 0. The number of sulfonamides is 1. The molecule has 1 aliphatic heterocycles. The van der Waals surface area contributed by atoms with Crippen LogP contribution in [0.4, 0.5) is 0 Å². The molecule has 1 saturated heterocycles. The van der Waals surface area contributed by atoms with E-state index in [0.717, 1.165) is 30.4 Å². The Labute approximate surface area is 154 Å². The van der Waals surface area contributed by atoms with Gasteiger partial charge in [-0.1, -0.05) is 24.3 Å². The van der Waals surface area contributed by atoms with Gasteiger partial charge in [0, 0.05) is 6.61 Å². The van der Waals surface area contributed by atoms with Crippen molar-refractivity contribution >= 4 is 22.0 Å². The van der Waals surface area contributed by atoms with Gasteiger partial charge < -0.3 is 9.47 Å². The molecular formula is C19H25NO5S. The Bertz CT molecular complexity index is 781. The van der Waals surface area contributed by atoms with Crippen molar-refractivity contribution in [3.8, 4) is 0 Å². The highest BCUT2D eigenvalue weighted by atomic mass is 32.2. The number of nitrogens with one attached hydrogen (secondary N) is 1. The predicted molar refractivity (Wildman–Crippen MR) is 98.8 cm³/mol. The zero-order valence-electron chi connectivity index (χ0n) is 14.9. The molecule has 0 aromatic heterocycles. The Morgan fingerprint density at radius 2 is 2.12 bits per heavy atom. The Balaban J connectivity index is 1.58. The predicted octanol–water partition coefficient (Wildman–Crippen LogP) is 2.39. The second kappa shape index (κ2) is 8.33. The molecule has 142 valence electrons. The number of rotatable bonds is 6. The highest BCUT2D eigenvalue weighted by molar-refractivity contribution is 7.94. The lowest BCUT2D eigenvalue weighted by Crippen LogP contribution is -2.40. The number of aryl methyl sites for hydroxylation is 1. The second-order valence-corrected chi connectivity index (χ2v) is 8.48. The lowest BCUT2D eigenvalue weighted by Gasteiger charge is -2.24. The quantitative estimate of drug-likeness (QED) is 0.821. The largest absolute Gasteiger partial charge is 0.376 e. The van der Waals surface area contributed by atoms with Crippen LogP contribution in [0, 0.1) is 0 Å². The number of ether oxygens (including phenoxy) is 2. The van der Waals surface area contributed by atoms with Crippen LogP contribution >= 0.6 is 0 Å². The van der Waals surface area contributed by atoms with E-state index in [-0.39, 0.29) is 11.0 Å². The smallest absolute Gasteiger partial charge is 0.262 e. The summed E-state index contributed by atoms with van der Waals surface area (Å²) in [5.41, 5.74) is 1.99. The van der Waals surface area contributed by atoms with Gasteiger partial charge in [-0.25, -0.2) is 13.1 Å². The standard InChI is InChI=1S/C19H25NO5S/c1-14(25-13-17-8-4-5-11-24-17)19(21)20-26(22,23)18-10-9-15-6-2-3-7-16(15)12-18/h2-3,6-7,12,14,17H,4-5,8-11,13H2,1H3,(H,20,21)/t14-,17+/m0/s1. The molecule has 1 fully saturated rings. The van der Waals surface area contributed by atoms with Crippen LogP contribution in [0.3, 0.4) is 0 Å². The van der Waals surface area contributed by atoms with Gasteiger partial charge in [0.1, 0.15) is 6.10 Å². The Morgan fingerprint density at radius 1 is 1.31 bits per heavy atom. The van der Waals surface area contributed by atoms with Crippen LogP contribution in [0.25, 0.3) is 6.08 Å². The minimum absolute atomic E-state index is 0.0202. The molecule has 1 aromatic rings. The molecule has 1 amide bonds. The minimum atomic E-state index is -3.86. The van der Waals surface area contributed by atoms with Crippen LogP contribution in [0.2, 0.25) is 0 Å². The Kier molecular flexibility index (Phi) is 6.11. The molecule has 0 bridgehead atoms. The number of allylic oxidation sites excluding steroid dienone is 1. The number of benzene rings is 1. The van der Waals surface area contributed by atoms with Gasteiger partial charge in [-0.15, -0.1) is 0 Å². The summed E-state index contributed by atoms with van der Waals surface area (Å²) in [6.45, 7) is 2.56. The van der Waals surface area contributed by atoms with Crippen LogP contribution < -0.4 is 4.72 Å². The maximum atomic E-state index is 12.5. The molecule has 0 unspecified atom stereocenters. The van der Waals surface area contributed by atoms with Gasteiger partial charge >= 0.3 is 0 Å². The van der Waals surface area contributed by atoms with Crippen molar-refractivity contribution in [2.24, 2.45) is 0 Å². The van der Waals surface area contributed by atoms with Crippen molar-refractivity contribution in [3.05, 3.63) is 40.3 Å². The highest BCUT2D eigenvalue weighted by Crippen LogP contribution is 2.26. The molecule has 0 saturated carbocycles. The van der Waals surface area contributed by atoms with Gasteiger partial charge in [0.2, 0.25) is 0 Å². The van der Waals surface area contributed by atoms with E-state index >= 15 is 0 Å². The normalized spacial score (nSPS) is 21.4. The molecular weight excluding hydrogens is 354 g/mol. The van der Waals surface area contributed by atoms with E-state index in [4.69, 9.17) is 9.47 Å². The van der Waals surface area contributed by atoms with Gasteiger partial charge in [-0.3, -0.25) is 4.79 Å². The Morgan fingerprint density at radius 3 is 2.88 bits per heavy atom. The lowest BCUT2D eigenvalue weighted by atomic mass is 9.98. The van der Waals surface area contributed by atoms with Crippen LogP contribution in [0.1, 0.15) is 43.7 Å². The molecule has 0 radical (unpaired) electrons. The zero-order valence-corrected chi connectivity index (χ0v) is 15.8. The van der Waals surface area contributed by atoms with Crippen molar-refractivity contribution < 1.29 is 22.7 Å². The summed E-state index contributed by atoms with van der Waals surface area (Å²) in [6.07, 6.45) is 4.81. The number of hydrogen-bond acceptors (Lipinski definition) is 5. The first-order valence-corrected chi connectivity index (χ1v) is 10.5. The highest BCUT2D eigenvalue weighted by Gasteiger charge is 2.27. The molecule has 3 rings (SSSR count). The summed E-state index contributed by atoms with van der Waals surface area (Å²) in [7, 11) is -3.86. The molecule has 1 aromatic carbocycles. The third-order valence-corrected chi connectivity index (χ3v) is 6.25. The third-order valence-electron chi connectivity index (χ3n) is 4.77. The van der Waals surface area contributed by atoms with E-state index in [9.17, 15) is 13.2 Å². The number of amides is 1. The van der Waals surface area contributed by atoms with Crippen molar-refractivity contribution in [1.82, 2.24) is 4.72 Å². The van der Waals surface area contributed by atoms with Crippen molar-refractivity contribution in [3.63, 3.8) is 0 Å². The maximum Gasteiger partial charge on any atom is 0.262 e. The van der Waals surface area contributed by atoms with E-state index in [1.807, 2.05) is 24.3 Å². The monoisotopic (exact) mass is 379 g/mol. The molecule has 2 atom stereocenters. The molecule has 0 spiro atoms. The van der Waals surface area contributed by atoms with Gasteiger partial charge in [0.15, 0.2) is 0 Å². The van der Waals surface area contributed by atoms with Crippen LogP contribution in [0.5, 0.6) is 0 Å². The van der Waals surface area contributed by atoms with Gasteiger partial charge in [0.25, 0.3) is 15.9 Å². The van der Waals surface area contributed by atoms with E-state index in [2.05, 4.69) is 4.72 Å². The van der Waals surface area contributed by atoms with Gasteiger partial charge in [0.05, 0.1) is 17.6 Å². The fourth-order valence-electron chi connectivity index (χ4n) is 3.17. The Hall–Kier alpha value is -1.70. The maximum absolute atomic E-state index is 12.5. The molecule has 1 N–H and O–H groups in total. The summed E-state index contributed by atoms with van der Waals surface area (Å²) in [6, 6.07) is 7.66. The average molecular weight is 379 g/mol. The average Bonchev–Trinajstić information content (AvgIpc) is 2.66. The number of hydrogen-bond donors (Lipinski definition) is 1. The molecule has 7 heteroatoms. The van der Waals surface area contributed by atoms with Crippen molar-refractivity contribution in [2.75, 3.05) is 13.2 Å². The van der Waals surface area contributed by atoms with Crippen molar-refractivity contribution in [2.45, 2.75) is 51.2 Å². The summed E-state index contributed by atoms with van der Waals surface area (Å²) in [5, 5.41) is 0. The summed E-state index contributed by atoms with van der Waals surface area (Å²) in [4.78, 5) is 12.5. The fourth-order valence-corrected chi connectivity index (χ4v) is 4.38. The molecule has 1 heterocycles. The first-order chi connectivity index (χ1) is 12.5. The summed E-state index contributed by atoms with van der Waals surface area (Å²) in [5.74, 6) is -0.652. The second-order valence-electron chi connectivity index (χ2n) is 6.74. The molecule has 26 heavy (non-hydrogen) atoms. The van der Waals surface area contributed by atoms with Crippen LogP contribution in [-0.2, 0) is 30.7 Å². The molecule has 6 nitrogen and oxygen atoms in total. The first-order valence-electron chi connectivity index (χ1n) is 9.04. The van der Waals surface area contributed by atoms with Crippen molar-refractivity contribution in [1.29, 1.82) is 0 Å². The topological polar surface area (TPSA) is 81.7 Å². The zero-order chi connectivity index (χ0) is 18.6. The summed E-state index contributed by atoms with van der Waals surface area (Å²) < 4.78 is 38.3. The van der Waals surface area contributed by atoms with E-state index in [1.165, 1.54) is 0 Å². The number of carbonyl (C=O) groups is 1. The van der Waals surface area contributed by atoms with Gasteiger partial charge in [-0.05, 0) is 56.2 Å².